The standard InChI is InChI=1S/C35H43N2/c1-8-36-30-19-12-10-17-28(30)34(4,5)32(36)23-21-26-15-14-16-27(25(26)3)22-24-33-35(6,7)29-18-11-13-20-31(29)37(33)9-2/h10-13,17-24H,8-9,14-16H2,1-7H3/q+1. The van der Waals surface area contributed by atoms with Gasteiger partial charge in [-0.15, -0.1) is 0 Å². The van der Waals surface area contributed by atoms with Gasteiger partial charge in [-0.25, -0.2) is 0 Å². The normalized spacial score (nSPS) is 22.5. The fourth-order valence-corrected chi connectivity index (χ4v) is 6.79. The highest BCUT2D eigenvalue weighted by Crippen LogP contribution is 2.47. The predicted octanol–water partition coefficient (Wildman–Crippen LogP) is 8.77. The van der Waals surface area contributed by atoms with Crippen LogP contribution in [0.2, 0.25) is 0 Å². The first-order chi connectivity index (χ1) is 17.7. The van der Waals surface area contributed by atoms with E-state index < -0.39 is 0 Å². The monoisotopic (exact) mass is 491 g/mol. The molecule has 0 unspecified atom stereocenters. The number of fused-ring (bicyclic) bond motifs is 2. The van der Waals surface area contributed by atoms with Crippen LogP contribution in [-0.2, 0) is 10.8 Å². The van der Waals surface area contributed by atoms with Crippen LogP contribution in [0, 0.1) is 0 Å². The van der Waals surface area contributed by atoms with Crippen molar-refractivity contribution in [3.8, 4) is 0 Å². The van der Waals surface area contributed by atoms with Crippen LogP contribution in [0.4, 0.5) is 11.4 Å². The summed E-state index contributed by atoms with van der Waals surface area (Å²) < 4.78 is 2.49. The fraction of sp³-hybridized carbons (Fsp3) is 0.400. The van der Waals surface area contributed by atoms with E-state index in [-0.39, 0.29) is 10.8 Å². The lowest BCUT2D eigenvalue weighted by Gasteiger charge is -2.26. The average Bonchev–Trinajstić information content (AvgIpc) is 3.25. The first-order valence-corrected chi connectivity index (χ1v) is 14.1. The Hall–Kier alpha value is -3.13. The molecular weight excluding hydrogens is 448 g/mol. The van der Waals surface area contributed by atoms with Gasteiger partial charge in [0.25, 0.3) is 0 Å². The zero-order valence-corrected chi connectivity index (χ0v) is 23.9. The van der Waals surface area contributed by atoms with E-state index in [9.17, 15) is 0 Å². The van der Waals surface area contributed by atoms with Crippen LogP contribution in [-0.4, -0.2) is 23.4 Å². The number of benzene rings is 2. The molecule has 1 aliphatic carbocycles. The second-order valence-corrected chi connectivity index (χ2v) is 11.7. The molecule has 192 valence electrons. The number of allylic oxidation sites excluding steroid dienone is 8. The van der Waals surface area contributed by atoms with Gasteiger partial charge in [-0.05, 0) is 88.3 Å². The Morgan fingerprint density at radius 2 is 1.54 bits per heavy atom. The largest absolute Gasteiger partial charge is 0.344 e. The molecule has 0 fully saturated rings. The number of anilines is 1. The molecule has 2 aromatic carbocycles. The molecule has 3 aliphatic rings. The van der Waals surface area contributed by atoms with Crippen molar-refractivity contribution >= 4 is 17.1 Å². The lowest BCUT2D eigenvalue weighted by atomic mass is 9.80. The van der Waals surface area contributed by atoms with Gasteiger partial charge >= 0.3 is 0 Å². The van der Waals surface area contributed by atoms with Gasteiger partial charge in [0.2, 0.25) is 5.69 Å². The molecule has 2 aliphatic heterocycles. The van der Waals surface area contributed by atoms with E-state index in [1.54, 1.807) is 0 Å². The van der Waals surface area contributed by atoms with E-state index in [2.05, 4.69) is 131 Å². The molecule has 0 bridgehead atoms. The Morgan fingerprint density at radius 3 is 2.27 bits per heavy atom. The minimum absolute atomic E-state index is 0.0159. The number of hydrogen-bond acceptors (Lipinski definition) is 1. The number of likely N-dealkylation sites (N-methyl/N-ethyl adjacent to an activating group) is 1. The van der Waals surface area contributed by atoms with Crippen molar-refractivity contribution in [2.75, 3.05) is 18.0 Å². The summed E-state index contributed by atoms with van der Waals surface area (Å²) in [6.45, 7) is 18.3. The zero-order chi connectivity index (χ0) is 26.4. The average molecular weight is 492 g/mol. The summed E-state index contributed by atoms with van der Waals surface area (Å²) in [5, 5.41) is 0. The van der Waals surface area contributed by atoms with E-state index >= 15 is 0 Å². The van der Waals surface area contributed by atoms with Crippen molar-refractivity contribution in [1.29, 1.82) is 0 Å². The van der Waals surface area contributed by atoms with Crippen molar-refractivity contribution < 1.29 is 4.58 Å². The highest BCUT2D eigenvalue weighted by molar-refractivity contribution is 6.03. The molecule has 2 aromatic rings. The molecule has 0 spiro atoms. The number of rotatable bonds is 5. The zero-order valence-electron chi connectivity index (χ0n) is 23.9. The third-order valence-corrected chi connectivity index (χ3v) is 8.97. The first kappa shape index (κ1) is 25.5. The van der Waals surface area contributed by atoms with Gasteiger partial charge < -0.3 is 4.90 Å². The van der Waals surface area contributed by atoms with E-state index in [0.717, 1.165) is 25.9 Å². The lowest BCUT2D eigenvalue weighted by molar-refractivity contribution is -0.433. The van der Waals surface area contributed by atoms with Crippen LogP contribution in [0.15, 0.2) is 95.3 Å². The molecule has 0 aromatic heterocycles. The third kappa shape index (κ3) is 4.15. The third-order valence-electron chi connectivity index (χ3n) is 8.97. The van der Waals surface area contributed by atoms with Crippen LogP contribution in [0.5, 0.6) is 0 Å². The molecule has 0 saturated carbocycles. The number of para-hydroxylation sites is 2. The predicted molar refractivity (Wildman–Crippen MR) is 159 cm³/mol. The quantitative estimate of drug-likeness (QED) is 0.379. The maximum atomic E-state index is 2.49. The molecule has 0 radical (unpaired) electrons. The van der Waals surface area contributed by atoms with Gasteiger partial charge in [0, 0.05) is 41.1 Å². The van der Waals surface area contributed by atoms with E-state index in [1.807, 2.05) is 0 Å². The summed E-state index contributed by atoms with van der Waals surface area (Å²) in [6, 6.07) is 17.8. The highest BCUT2D eigenvalue weighted by Gasteiger charge is 2.43. The topological polar surface area (TPSA) is 6.25 Å². The van der Waals surface area contributed by atoms with E-state index in [0.29, 0.717) is 0 Å². The molecule has 2 nitrogen and oxygen atoms in total. The molecule has 0 atom stereocenters. The minimum Gasteiger partial charge on any atom is -0.344 e. The van der Waals surface area contributed by atoms with E-state index in [1.165, 1.54) is 57.1 Å². The van der Waals surface area contributed by atoms with Crippen LogP contribution in [0.1, 0.15) is 78.9 Å². The molecule has 37 heavy (non-hydrogen) atoms. The Morgan fingerprint density at radius 1 is 0.838 bits per heavy atom. The van der Waals surface area contributed by atoms with Gasteiger partial charge in [0.1, 0.15) is 6.54 Å². The van der Waals surface area contributed by atoms with Crippen molar-refractivity contribution in [3.63, 3.8) is 0 Å². The van der Waals surface area contributed by atoms with Gasteiger partial charge in [-0.3, -0.25) is 0 Å². The first-order valence-electron chi connectivity index (χ1n) is 14.1. The Kier molecular flexibility index (Phi) is 6.64. The minimum atomic E-state index is 0.0159. The maximum absolute atomic E-state index is 2.49. The maximum Gasteiger partial charge on any atom is 0.209 e. The van der Waals surface area contributed by atoms with Crippen LogP contribution >= 0.6 is 0 Å². The second kappa shape index (κ2) is 9.63. The molecule has 0 N–H and O–H groups in total. The number of hydrogen-bond donors (Lipinski definition) is 0. The molecule has 0 amide bonds. The summed E-state index contributed by atoms with van der Waals surface area (Å²) in [4.78, 5) is 2.49. The van der Waals surface area contributed by atoms with Gasteiger partial charge in [-0.1, -0.05) is 62.4 Å². The smallest absolute Gasteiger partial charge is 0.209 e. The van der Waals surface area contributed by atoms with Crippen LogP contribution in [0.3, 0.4) is 0 Å². The summed E-state index contributed by atoms with van der Waals surface area (Å²) in [6.07, 6.45) is 13.1. The lowest BCUT2D eigenvalue weighted by Crippen LogP contribution is -2.27. The summed E-state index contributed by atoms with van der Waals surface area (Å²) >= 11 is 0. The fourth-order valence-electron chi connectivity index (χ4n) is 6.79. The summed E-state index contributed by atoms with van der Waals surface area (Å²) in [5.41, 5.74) is 12.8. The number of nitrogens with zero attached hydrogens (tertiary/aromatic N) is 2. The Balaban J connectivity index is 1.48. The molecule has 2 heteroatoms. The van der Waals surface area contributed by atoms with Crippen molar-refractivity contribution in [1.82, 2.24) is 0 Å². The molecular formula is C35H43N2+. The van der Waals surface area contributed by atoms with Gasteiger partial charge in [0.05, 0.1) is 5.41 Å². The van der Waals surface area contributed by atoms with E-state index in [4.69, 9.17) is 0 Å². The SMILES string of the molecule is CCN1/C(=C/C=C2\CCCC(/C=C/C3=[N+](CC)c4ccccc4C3(C)C)=C2C)C(C)(C)c2ccccc21. The molecule has 0 saturated heterocycles. The summed E-state index contributed by atoms with van der Waals surface area (Å²) in [7, 11) is 0. The highest BCUT2D eigenvalue weighted by atomic mass is 15.2. The van der Waals surface area contributed by atoms with Crippen molar-refractivity contribution in [2.24, 2.45) is 0 Å². The Labute approximate surface area is 224 Å². The Bertz CT molecular complexity index is 1370. The summed E-state index contributed by atoms with van der Waals surface area (Å²) in [5.74, 6) is 0. The van der Waals surface area contributed by atoms with Crippen LogP contribution < -0.4 is 4.90 Å². The molecule has 5 rings (SSSR count). The van der Waals surface area contributed by atoms with Gasteiger partial charge in [0.15, 0.2) is 5.71 Å². The van der Waals surface area contributed by atoms with Crippen molar-refractivity contribution in [3.05, 3.63) is 106 Å². The second-order valence-electron chi connectivity index (χ2n) is 11.7. The van der Waals surface area contributed by atoms with Crippen LogP contribution in [0.25, 0.3) is 0 Å². The molecule has 2 heterocycles. The van der Waals surface area contributed by atoms with Crippen molar-refractivity contribution in [2.45, 2.75) is 78.6 Å². The van der Waals surface area contributed by atoms with Gasteiger partial charge in [-0.2, -0.15) is 4.58 Å².